The fourth-order valence-electron chi connectivity index (χ4n) is 3.48. The van der Waals surface area contributed by atoms with Crippen molar-refractivity contribution in [2.24, 2.45) is 0 Å². The van der Waals surface area contributed by atoms with Gasteiger partial charge in [-0.3, -0.25) is 10.1 Å². The molecule has 3 rings (SSSR count). The number of rotatable bonds is 9. The Morgan fingerprint density at radius 1 is 0.897 bits per heavy atom. The SMILES string of the molecule is C=CCOC(=O)[C@H](CI)NC(c1ccccc1)(c1ccccc1)c1ccccc1. The highest BCUT2D eigenvalue weighted by Crippen LogP contribution is 2.37. The lowest BCUT2D eigenvalue weighted by Gasteiger charge is -2.39. The molecule has 0 spiro atoms. The number of nitrogens with one attached hydrogen (secondary N) is 1. The molecule has 29 heavy (non-hydrogen) atoms. The van der Waals surface area contributed by atoms with Gasteiger partial charge >= 0.3 is 5.97 Å². The summed E-state index contributed by atoms with van der Waals surface area (Å²) in [6.45, 7) is 3.83. The summed E-state index contributed by atoms with van der Waals surface area (Å²) in [5, 5.41) is 3.66. The van der Waals surface area contributed by atoms with Gasteiger partial charge in [0.15, 0.2) is 0 Å². The van der Waals surface area contributed by atoms with Gasteiger partial charge in [-0.1, -0.05) is 126 Å². The van der Waals surface area contributed by atoms with Gasteiger partial charge in [0.05, 0.1) is 5.54 Å². The molecule has 148 valence electrons. The van der Waals surface area contributed by atoms with Gasteiger partial charge in [-0.2, -0.15) is 0 Å². The van der Waals surface area contributed by atoms with Crippen LogP contribution in [-0.4, -0.2) is 23.0 Å². The molecule has 0 aliphatic rings. The van der Waals surface area contributed by atoms with E-state index in [0.29, 0.717) is 4.43 Å². The van der Waals surface area contributed by atoms with Crippen LogP contribution in [0.2, 0.25) is 0 Å². The molecule has 0 fully saturated rings. The summed E-state index contributed by atoms with van der Waals surface area (Å²) in [6.07, 6.45) is 1.58. The van der Waals surface area contributed by atoms with Crippen LogP contribution < -0.4 is 5.32 Å². The first-order valence-corrected chi connectivity index (χ1v) is 11.0. The molecule has 1 N–H and O–H groups in total. The van der Waals surface area contributed by atoms with Gasteiger partial charge in [-0.25, -0.2) is 0 Å². The number of benzene rings is 3. The highest BCUT2D eigenvalue weighted by molar-refractivity contribution is 14.1. The number of esters is 1. The minimum atomic E-state index is -0.702. The lowest BCUT2D eigenvalue weighted by atomic mass is 9.76. The van der Waals surface area contributed by atoms with Crippen molar-refractivity contribution >= 4 is 28.6 Å². The molecule has 0 aliphatic carbocycles. The zero-order valence-electron chi connectivity index (χ0n) is 16.1. The third kappa shape index (κ3) is 4.77. The monoisotopic (exact) mass is 497 g/mol. The Balaban J connectivity index is 2.19. The second-order valence-corrected chi connectivity index (χ2v) is 7.50. The van der Waals surface area contributed by atoms with E-state index in [-0.39, 0.29) is 12.6 Å². The van der Waals surface area contributed by atoms with E-state index in [1.54, 1.807) is 6.08 Å². The van der Waals surface area contributed by atoms with Crippen molar-refractivity contribution in [3.05, 3.63) is 120 Å². The van der Waals surface area contributed by atoms with Crippen molar-refractivity contribution < 1.29 is 9.53 Å². The fourth-order valence-corrected chi connectivity index (χ4v) is 4.06. The summed E-state index contributed by atoms with van der Waals surface area (Å²) in [5.41, 5.74) is 2.48. The largest absolute Gasteiger partial charge is 0.460 e. The molecule has 0 aliphatic heterocycles. The first kappa shape index (κ1) is 21.3. The molecule has 4 heteroatoms. The molecule has 0 radical (unpaired) electrons. The van der Waals surface area contributed by atoms with Crippen LogP contribution >= 0.6 is 22.6 Å². The van der Waals surface area contributed by atoms with Crippen molar-refractivity contribution in [1.29, 1.82) is 0 Å². The van der Waals surface area contributed by atoms with Crippen molar-refractivity contribution in [1.82, 2.24) is 5.32 Å². The molecule has 0 heterocycles. The lowest BCUT2D eigenvalue weighted by Crippen LogP contribution is -2.53. The van der Waals surface area contributed by atoms with Crippen molar-refractivity contribution in [3.63, 3.8) is 0 Å². The van der Waals surface area contributed by atoms with Crippen LogP contribution in [0.25, 0.3) is 0 Å². The minimum absolute atomic E-state index is 0.197. The molecule has 0 unspecified atom stereocenters. The zero-order chi connectivity index (χ0) is 20.5. The quantitative estimate of drug-likeness (QED) is 0.147. The van der Waals surface area contributed by atoms with Crippen molar-refractivity contribution in [2.45, 2.75) is 11.6 Å². The van der Waals surface area contributed by atoms with Crippen LogP contribution in [0, 0.1) is 0 Å². The summed E-state index contributed by atoms with van der Waals surface area (Å²) in [6, 6.07) is 30.2. The second kappa shape index (κ2) is 10.4. The first-order valence-electron chi connectivity index (χ1n) is 9.50. The van der Waals surface area contributed by atoms with E-state index in [9.17, 15) is 4.79 Å². The van der Waals surface area contributed by atoms with Gasteiger partial charge in [-0.05, 0) is 16.7 Å². The maximum absolute atomic E-state index is 12.8. The number of carbonyl (C=O) groups is 1. The molecular weight excluding hydrogens is 473 g/mol. The summed E-state index contributed by atoms with van der Waals surface area (Å²) >= 11 is 2.23. The topological polar surface area (TPSA) is 38.3 Å². The number of halogens is 1. The molecule has 0 amide bonds. The zero-order valence-corrected chi connectivity index (χ0v) is 18.3. The summed E-state index contributed by atoms with van der Waals surface area (Å²) < 4.78 is 5.94. The highest BCUT2D eigenvalue weighted by atomic mass is 127. The van der Waals surface area contributed by atoms with Crippen molar-refractivity contribution in [2.75, 3.05) is 11.0 Å². The average Bonchev–Trinajstić information content (AvgIpc) is 2.80. The van der Waals surface area contributed by atoms with E-state index < -0.39 is 11.6 Å². The second-order valence-electron chi connectivity index (χ2n) is 6.62. The number of ether oxygens (including phenoxy) is 1. The van der Waals surface area contributed by atoms with Gasteiger partial charge in [-0.15, -0.1) is 0 Å². The van der Waals surface area contributed by atoms with E-state index in [2.05, 4.69) is 70.9 Å². The minimum Gasteiger partial charge on any atom is -0.460 e. The predicted octanol–water partition coefficient (Wildman–Crippen LogP) is 5.10. The van der Waals surface area contributed by atoms with E-state index in [0.717, 1.165) is 16.7 Å². The van der Waals surface area contributed by atoms with Crippen LogP contribution in [0.1, 0.15) is 16.7 Å². The maximum Gasteiger partial charge on any atom is 0.324 e. The standard InChI is InChI=1S/C25H24INO2/c1-2-18-29-24(28)23(19-26)27-25(20-12-6-3-7-13-20,21-14-8-4-9-15-21)22-16-10-5-11-17-22/h2-17,23,27H,1,18-19H2/t23-/m0/s1. The van der Waals surface area contributed by atoms with E-state index in [1.165, 1.54) is 0 Å². The van der Waals surface area contributed by atoms with Crippen LogP contribution in [0.3, 0.4) is 0 Å². The van der Waals surface area contributed by atoms with Gasteiger partial charge in [0, 0.05) is 4.43 Å². The Hall–Kier alpha value is -2.44. The normalized spacial score (nSPS) is 12.2. The Labute approximate surface area is 185 Å². The third-order valence-electron chi connectivity index (χ3n) is 4.79. The molecular formula is C25H24INO2. The number of carbonyl (C=O) groups excluding carboxylic acids is 1. The Morgan fingerprint density at radius 3 is 1.66 bits per heavy atom. The molecule has 3 aromatic rings. The molecule has 3 aromatic carbocycles. The molecule has 1 atom stereocenters. The molecule has 0 aromatic heterocycles. The van der Waals surface area contributed by atoms with Gasteiger partial charge in [0.1, 0.15) is 12.6 Å². The van der Waals surface area contributed by atoms with E-state index >= 15 is 0 Å². The Morgan fingerprint density at radius 2 is 1.31 bits per heavy atom. The summed E-state index contributed by atoms with van der Waals surface area (Å²) in [7, 11) is 0. The number of hydrogen-bond donors (Lipinski definition) is 1. The van der Waals surface area contributed by atoms with Crippen LogP contribution in [0.15, 0.2) is 104 Å². The smallest absolute Gasteiger partial charge is 0.324 e. The highest BCUT2D eigenvalue weighted by Gasteiger charge is 2.39. The third-order valence-corrected chi connectivity index (χ3v) is 5.67. The van der Waals surface area contributed by atoms with Gasteiger partial charge in [0.2, 0.25) is 0 Å². The summed E-state index contributed by atoms with van der Waals surface area (Å²) in [5.74, 6) is -0.286. The van der Waals surface area contributed by atoms with E-state index in [4.69, 9.17) is 4.74 Å². The number of hydrogen-bond acceptors (Lipinski definition) is 3. The molecule has 0 bridgehead atoms. The van der Waals surface area contributed by atoms with Crippen LogP contribution in [0.4, 0.5) is 0 Å². The lowest BCUT2D eigenvalue weighted by molar-refractivity contribution is -0.144. The number of alkyl halides is 1. The van der Waals surface area contributed by atoms with Crippen LogP contribution in [0.5, 0.6) is 0 Å². The fraction of sp³-hybridized carbons (Fsp3) is 0.160. The molecule has 0 saturated heterocycles. The molecule has 0 saturated carbocycles. The van der Waals surface area contributed by atoms with Crippen LogP contribution in [-0.2, 0) is 15.1 Å². The average molecular weight is 497 g/mol. The molecule has 3 nitrogen and oxygen atoms in total. The predicted molar refractivity (Wildman–Crippen MR) is 126 cm³/mol. The summed E-state index contributed by atoms with van der Waals surface area (Å²) in [4.78, 5) is 12.8. The van der Waals surface area contributed by atoms with Gasteiger partial charge < -0.3 is 4.74 Å². The Bertz CT molecular complexity index is 817. The first-order chi connectivity index (χ1) is 14.2. The van der Waals surface area contributed by atoms with E-state index in [1.807, 2.05) is 54.6 Å². The maximum atomic E-state index is 12.8. The Kier molecular flexibility index (Phi) is 7.61. The van der Waals surface area contributed by atoms with Gasteiger partial charge in [0.25, 0.3) is 0 Å². The van der Waals surface area contributed by atoms with Crippen molar-refractivity contribution in [3.8, 4) is 0 Å².